The number of aliphatic hydroxyl groups is 2. The molecule has 3 aromatic rings. The average Bonchev–Trinajstić information content (AvgIpc) is 3.06. The van der Waals surface area contributed by atoms with Crippen molar-refractivity contribution >= 4 is 22.6 Å². The third-order valence-corrected chi connectivity index (χ3v) is 5.54. The molecule has 1 aliphatic rings. The largest absolute Gasteiger partial charge is 0.455 e. The van der Waals surface area contributed by atoms with Gasteiger partial charge in [0.05, 0.1) is 23.5 Å². The first-order valence-electron chi connectivity index (χ1n) is 9.90. The van der Waals surface area contributed by atoms with Crippen molar-refractivity contribution in [1.29, 1.82) is 5.53 Å². The van der Waals surface area contributed by atoms with E-state index in [-0.39, 0.29) is 24.0 Å². The summed E-state index contributed by atoms with van der Waals surface area (Å²) in [5.41, 5.74) is 9.22. The second-order valence-electron chi connectivity index (χ2n) is 7.44. The van der Waals surface area contributed by atoms with Crippen LogP contribution in [-0.2, 0) is 4.74 Å². The van der Waals surface area contributed by atoms with Crippen LogP contribution in [0.1, 0.15) is 42.3 Å². The smallest absolute Gasteiger partial charge is 0.299 e. The minimum Gasteiger partial charge on any atom is -0.455 e. The van der Waals surface area contributed by atoms with E-state index in [4.69, 9.17) is 14.7 Å². The third kappa shape index (κ3) is 3.71. The maximum atomic E-state index is 13.4. The first-order valence-corrected chi connectivity index (χ1v) is 9.90. The van der Waals surface area contributed by atoms with E-state index in [1.54, 1.807) is 12.1 Å². The lowest BCUT2D eigenvalue weighted by atomic mass is 10.00. The van der Waals surface area contributed by atoms with Crippen molar-refractivity contribution in [1.82, 2.24) is 0 Å². The minimum absolute atomic E-state index is 0.0824. The summed E-state index contributed by atoms with van der Waals surface area (Å²) in [5.74, 6) is -1.08. The maximum Gasteiger partial charge on any atom is 0.299 e. The van der Waals surface area contributed by atoms with Crippen LogP contribution >= 0.6 is 0 Å². The summed E-state index contributed by atoms with van der Waals surface area (Å²) in [6.07, 6.45) is -1.70. The van der Waals surface area contributed by atoms with Crippen LogP contribution in [0.2, 0.25) is 0 Å². The number of hydrogen-bond donors (Lipinski definition) is 3. The van der Waals surface area contributed by atoms with E-state index in [1.165, 1.54) is 29.2 Å². The number of hydrogen-bond acceptors (Lipinski definition) is 7. The number of nitrogens with one attached hydrogen (secondary N) is 1. The van der Waals surface area contributed by atoms with Crippen molar-refractivity contribution in [3.63, 3.8) is 0 Å². The van der Waals surface area contributed by atoms with E-state index < -0.39 is 24.2 Å². The van der Waals surface area contributed by atoms with Crippen LogP contribution in [0, 0.1) is 11.3 Å². The minimum atomic E-state index is -1.75. The molecule has 0 saturated heterocycles. The Kier molecular flexibility index (Phi) is 5.57. The lowest BCUT2D eigenvalue weighted by molar-refractivity contribution is -0.0523. The molecule has 1 aliphatic heterocycles. The monoisotopic (exact) mass is 427 g/mol. The molecule has 2 atom stereocenters. The van der Waals surface area contributed by atoms with Gasteiger partial charge >= 0.3 is 0 Å². The summed E-state index contributed by atoms with van der Waals surface area (Å²) >= 11 is 0. The van der Waals surface area contributed by atoms with Crippen LogP contribution in [0.5, 0.6) is 0 Å². The number of carbonyl (C=O) groups is 1. The van der Waals surface area contributed by atoms with Crippen LogP contribution < -0.4 is 4.90 Å². The van der Waals surface area contributed by atoms with Gasteiger partial charge in [0.25, 0.3) is 5.91 Å². The molecule has 4 rings (SSSR count). The van der Waals surface area contributed by atoms with Crippen LogP contribution in [0.3, 0.4) is 0 Å². The van der Waals surface area contributed by atoms with Crippen molar-refractivity contribution in [3.8, 4) is 11.3 Å². The zero-order valence-corrected chi connectivity index (χ0v) is 17.0. The molecule has 0 radical (unpaired) electrons. The van der Waals surface area contributed by atoms with Gasteiger partial charge in [-0.1, -0.05) is 6.92 Å². The first-order chi connectivity index (χ1) is 14.8. The Morgan fingerprint density at radius 2 is 2.03 bits per heavy atom. The molecule has 0 spiro atoms. The molecule has 0 unspecified atom stereocenters. The zero-order valence-electron chi connectivity index (χ0n) is 17.0. The van der Waals surface area contributed by atoms with Gasteiger partial charge in [-0.05, 0) is 43.7 Å². The highest BCUT2D eigenvalue weighted by Crippen LogP contribution is 2.42. The highest BCUT2D eigenvalue weighted by atomic mass is 19.1. The number of anilines is 1. The van der Waals surface area contributed by atoms with Crippen LogP contribution in [0.4, 0.5) is 10.1 Å². The summed E-state index contributed by atoms with van der Waals surface area (Å²) < 4.78 is 25.4. The van der Waals surface area contributed by atoms with E-state index in [0.717, 1.165) is 0 Å². The zero-order chi connectivity index (χ0) is 22.3. The molecule has 0 fully saturated rings. The molecule has 0 aliphatic carbocycles. The van der Waals surface area contributed by atoms with Gasteiger partial charge < -0.3 is 24.3 Å². The highest BCUT2D eigenvalue weighted by molar-refractivity contribution is 6.12. The predicted molar refractivity (Wildman–Crippen MR) is 110 cm³/mol. The molecular formula is C22H22FN3O5. The second kappa shape index (κ2) is 8.18. The van der Waals surface area contributed by atoms with Crippen LogP contribution in [0.25, 0.3) is 22.3 Å². The summed E-state index contributed by atoms with van der Waals surface area (Å²) in [7, 11) is 0. The Hall–Kier alpha value is -3.14. The number of halogens is 1. The van der Waals surface area contributed by atoms with E-state index in [9.17, 15) is 19.4 Å². The van der Waals surface area contributed by atoms with Gasteiger partial charge in [-0.15, -0.1) is 5.11 Å². The number of nitrogens with zero attached hydrogens (tertiary/aromatic N) is 2. The topological polar surface area (TPSA) is 119 Å². The van der Waals surface area contributed by atoms with Gasteiger partial charge in [-0.25, -0.2) is 9.92 Å². The number of amides is 1. The quantitative estimate of drug-likeness (QED) is 0.421. The van der Waals surface area contributed by atoms with Gasteiger partial charge in [-0.3, -0.25) is 4.79 Å². The van der Waals surface area contributed by atoms with Crippen molar-refractivity contribution in [2.45, 2.75) is 38.9 Å². The lowest BCUT2D eigenvalue weighted by Gasteiger charge is -2.28. The van der Waals surface area contributed by atoms with Gasteiger partial charge in [0.1, 0.15) is 17.2 Å². The van der Waals surface area contributed by atoms with Crippen molar-refractivity contribution < 1.29 is 28.6 Å². The van der Waals surface area contributed by atoms with E-state index in [2.05, 4.69) is 5.11 Å². The Morgan fingerprint density at radius 1 is 1.32 bits per heavy atom. The number of aliphatic hydroxyl groups excluding tert-OH is 1. The highest BCUT2D eigenvalue weighted by Gasteiger charge is 2.31. The summed E-state index contributed by atoms with van der Waals surface area (Å²) in [5, 5.41) is 23.4. The molecule has 3 N–H and O–H groups in total. The second-order valence-corrected chi connectivity index (χ2v) is 7.44. The fourth-order valence-electron chi connectivity index (χ4n) is 3.96. The Labute approximate surface area is 177 Å². The standard InChI is InChI=1S/C22H22FN3O5/c1-3-14-10-26(22(28)29)17-9-18-16(8-15(17)11(2)30-14)19(21(27)25-24)20(31-18)12-4-6-13(23)7-5-12/h4-9,11,14,22,24,28-29H,3,10H2,1-2H3/t11-,14+/m0/s1. The first kappa shape index (κ1) is 21.1. The van der Waals surface area contributed by atoms with Gasteiger partial charge in [0, 0.05) is 29.1 Å². The third-order valence-electron chi connectivity index (χ3n) is 5.54. The maximum absolute atomic E-state index is 13.4. The normalized spacial score (nSPS) is 18.8. The molecule has 2 aromatic carbocycles. The summed E-state index contributed by atoms with van der Waals surface area (Å²) in [4.78, 5) is 13.9. The SMILES string of the molecule is CC[C@@H]1CN(C(O)O)c2cc3oc(-c4ccc(F)cc4)c(C(=O)N=N)c3cc2[C@H](C)O1. The molecule has 8 nitrogen and oxygen atoms in total. The molecule has 0 bridgehead atoms. The average molecular weight is 427 g/mol. The Morgan fingerprint density at radius 3 is 2.65 bits per heavy atom. The number of fused-ring (bicyclic) bond motifs is 2. The van der Waals surface area contributed by atoms with Crippen LogP contribution in [-0.4, -0.2) is 35.2 Å². The van der Waals surface area contributed by atoms with E-state index in [1.807, 2.05) is 13.8 Å². The Balaban J connectivity index is 1.98. The molecule has 0 saturated carbocycles. The number of furan rings is 1. The van der Waals surface area contributed by atoms with E-state index >= 15 is 0 Å². The van der Waals surface area contributed by atoms with Gasteiger partial charge in [0.15, 0.2) is 0 Å². The molecule has 9 heteroatoms. The number of benzene rings is 2. The van der Waals surface area contributed by atoms with Gasteiger partial charge in [-0.2, -0.15) is 0 Å². The number of carbonyl (C=O) groups excluding carboxylic acids is 1. The van der Waals surface area contributed by atoms with E-state index in [0.29, 0.717) is 34.2 Å². The molecule has 162 valence electrons. The fourth-order valence-corrected chi connectivity index (χ4v) is 3.96. The fraction of sp³-hybridized carbons (Fsp3) is 0.318. The predicted octanol–water partition coefficient (Wildman–Crippen LogP) is 4.35. The van der Waals surface area contributed by atoms with Crippen molar-refractivity contribution in [2.24, 2.45) is 5.11 Å². The summed E-state index contributed by atoms with van der Waals surface area (Å²) in [6, 6.07) is 8.75. The number of rotatable bonds is 4. The number of ether oxygens (including phenoxy) is 1. The molecular weight excluding hydrogens is 405 g/mol. The van der Waals surface area contributed by atoms with Crippen molar-refractivity contribution in [2.75, 3.05) is 11.4 Å². The molecule has 1 amide bonds. The molecule has 1 aromatic heterocycles. The van der Waals surface area contributed by atoms with Gasteiger partial charge in [0.2, 0.25) is 6.41 Å². The van der Waals surface area contributed by atoms with Crippen LogP contribution in [0.15, 0.2) is 45.9 Å². The van der Waals surface area contributed by atoms with Crippen molar-refractivity contribution in [3.05, 3.63) is 53.3 Å². The Bertz CT molecular complexity index is 1140. The molecule has 2 heterocycles. The lowest BCUT2D eigenvalue weighted by Crippen LogP contribution is -2.40. The molecule has 31 heavy (non-hydrogen) atoms. The summed E-state index contributed by atoms with van der Waals surface area (Å²) in [6.45, 7) is 4.05.